The SMILES string of the molecule is Cc1cc(C2=C(c3cnccn3)NC(c3cncs3)(c3cncs3)N2)ccc1-n1ccc2cccnc21. The Morgan fingerprint density at radius 2 is 1.62 bits per heavy atom. The van der Waals surface area contributed by atoms with Crippen LogP contribution in [0.5, 0.6) is 0 Å². The molecule has 6 heterocycles. The van der Waals surface area contributed by atoms with E-state index in [-0.39, 0.29) is 0 Å². The molecule has 0 saturated heterocycles. The normalized spacial score (nSPS) is 14.6. The Balaban J connectivity index is 1.38. The standard InChI is InChI=1S/C27H20N8S2/c1-17-11-19(4-5-21(17)35-10-6-18-3-2-7-32-26(18)35)24-25(20-12-28-8-9-31-20)34-27(33-24,22-13-29-15-36-22)23-14-30-16-37-23/h2-16,33-34H,1H3. The minimum atomic E-state index is -0.711. The molecule has 0 aliphatic carbocycles. The Morgan fingerprint density at radius 3 is 2.32 bits per heavy atom. The number of hydrogen-bond acceptors (Lipinski definition) is 9. The second-order valence-corrected chi connectivity index (χ2v) is 10.4. The molecule has 0 spiro atoms. The molecule has 0 amide bonds. The number of aromatic nitrogens is 6. The van der Waals surface area contributed by atoms with Crippen LogP contribution in [0.2, 0.25) is 0 Å². The Morgan fingerprint density at radius 1 is 0.811 bits per heavy atom. The number of benzene rings is 1. The fourth-order valence-corrected chi connectivity index (χ4v) is 6.34. The van der Waals surface area contributed by atoms with E-state index >= 15 is 0 Å². The minimum absolute atomic E-state index is 0.711. The number of aryl methyl sites for hydroxylation is 1. The topological polar surface area (TPSA) is 93.4 Å². The maximum absolute atomic E-state index is 4.62. The van der Waals surface area contributed by atoms with Crippen molar-refractivity contribution in [3.8, 4) is 5.69 Å². The summed E-state index contributed by atoms with van der Waals surface area (Å²) in [5.41, 5.74) is 9.72. The molecule has 0 fully saturated rings. The van der Waals surface area contributed by atoms with E-state index in [2.05, 4.69) is 83.6 Å². The lowest BCUT2D eigenvalue weighted by atomic mass is 10.0. The maximum Gasteiger partial charge on any atom is 0.183 e. The van der Waals surface area contributed by atoms with Crippen LogP contribution in [-0.4, -0.2) is 29.5 Å². The van der Waals surface area contributed by atoms with E-state index in [1.54, 1.807) is 41.3 Å². The largest absolute Gasteiger partial charge is 0.352 e. The number of hydrogen-bond donors (Lipinski definition) is 2. The van der Waals surface area contributed by atoms with Crippen molar-refractivity contribution in [2.24, 2.45) is 0 Å². The predicted octanol–water partition coefficient (Wildman–Crippen LogP) is 4.96. The molecule has 1 aliphatic heterocycles. The third kappa shape index (κ3) is 3.52. The van der Waals surface area contributed by atoms with Gasteiger partial charge in [-0.1, -0.05) is 6.07 Å². The Hall–Kier alpha value is -4.41. The first-order valence-electron chi connectivity index (χ1n) is 11.6. The number of nitrogens with zero attached hydrogens (tertiary/aromatic N) is 6. The van der Waals surface area contributed by atoms with Crippen LogP contribution in [0.1, 0.15) is 26.6 Å². The van der Waals surface area contributed by atoms with Crippen molar-refractivity contribution < 1.29 is 0 Å². The number of nitrogens with one attached hydrogen (secondary N) is 2. The minimum Gasteiger partial charge on any atom is -0.352 e. The second kappa shape index (κ2) is 8.61. The maximum atomic E-state index is 4.62. The quantitative estimate of drug-likeness (QED) is 0.332. The highest BCUT2D eigenvalue weighted by atomic mass is 32.1. The van der Waals surface area contributed by atoms with Crippen LogP contribution in [-0.2, 0) is 5.66 Å². The van der Waals surface area contributed by atoms with Gasteiger partial charge in [0.25, 0.3) is 0 Å². The molecule has 6 aromatic rings. The van der Waals surface area contributed by atoms with Gasteiger partial charge in [0.15, 0.2) is 5.66 Å². The van der Waals surface area contributed by atoms with Gasteiger partial charge in [-0.05, 0) is 42.8 Å². The Labute approximate surface area is 220 Å². The third-order valence-corrected chi connectivity index (χ3v) is 8.28. The van der Waals surface area contributed by atoms with Gasteiger partial charge in [0.05, 0.1) is 38.4 Å². The Kier molecular flexibility index (Phi) is 5.08. The highest BCUT2D eigenvalue weighted by molar-refractivity contribution is 7.11. The third-order valence-electron chi connectivity index (χ3n) is 6.49. The van der Waals surface area contributed by atoms with E-state index in [9.17, 15) is 0 Å². The zero-order chi connectivity index (χ0) is 24.8. The molecule has 1 aromatic carbocycles. The Bertz CT molecular complexity index is 1700. The van der Waals surface area contributed by atoms with Crippen molar-refractivity contribution in [1.29, 1.82) is 0 Å². The molecule has 7 rings (SSSR count). The summed E-state index contributed by atoms with van der Waals surface area (Å²) in [6.45, 7) is 2.12. The fraction of sp³-hybridized carbons (Fsp3) is 0.0741. The molecule has 0 bridgehead atoms. The fourth-order valence-electron chi connectivity index (χ4n) is 4.78. The van der Waals surface area contributed by atoms with Crippen molar-refractivity contribution >= 4 is 45.1 Å². The van der Waals surface area contributed by atoms with Crippen LogP contribution < -0.4 is 10.6 Å². The summed E-state index contributed by atoms with van der Waals surface area (Å²) in [7, 11) is 0. The van der Waals surface area contributed by atoms with Crippen molar-refractivity contribution in [2.45, 2.75) is 12.6 Å². The number of fused-ring (bicyclic) bond motifs is 1. The van der Waals surface area contributed by atoms with Crippen LogP contribution in [0.4, 0.5) is 0 Å². The molecular weight excluding hydrogens is 500 g/mol. The van der Waals surface area contributed by atoms with Crippen LogP contribution in [0.15, 0.2) is 90.8 Å². The van der Waals surface area contributed by atoms with Crippen molar-refractivity contribution in [3.05, 3.63) is 117 Å². The summed E-state index contributed by atoms with van der Waals surface area (Å²) in [5.74, 6) is 0. The van der Waals surface area contributed by atoms with E-state index < -0.39 is 5.66 Å². The van der Waals surface area contributed by atoms with E-state index in [4.69, 9.17) is 0 Å². The molecule has 0 atom stereocenters. The highest BCUT2D eigenvalue weighted by Gasteiger charge is 2.44. The van der Waals surface area contributed by atoms with Gasteiger partial charge in [-0.3, -0.25) is 19.9 Å². The molecule has 0 saturated carbocycles. The molecule has 1 aliphatic rings. The summed E-state index contributed by atoms with van der Waals surface area (Å²) in [4.78, 5) is 24.3. The zero-order valence-electron chi connectivity index (χ0n) is 19.7. The molecule has 8 nitrogen and oxygen atoms in total. The van der Waals surface area contributed by atoms with Crippen LogP contribution >= 0.6 is 22.7 Å². The lowest BCUT2D eigenvalue weighted by molar-refractivity contribution is 0.465. The first-order valence-corrected chi connectivity index (χ1v) is 13.4. The summed E-state index contributed by atoms with van der Waals surface area (Å²) >= 11 is 3.17. The highest BCUT2D eigenvalue weighted by Crippen LogP contribution is 2.42. The van der Waals surface area contributed by atoms with Crippen molar-refractivity contribution in [2.75, 3.05) is 0 Å². The lowest BCUT2D eigenvalue weighted by Gasteiger charge is -2.29. The van der Waals surface area contributed by atoms with Crippen molar-refractivity contribution in [1.82, 2.24) is 40.1 Å². The van der Waals surface area contributed by atoms with Crippen LogP contribution in [0.25, 0.3) is 28.1 Å². The van der Waals surface area contributed by atoms with Gasteiger partial charge in [-0.2, -0.15) is 0 Å². The molecule has 5 aromatic heterocycles. The average Bonchev–Trinajstić information content (AvgIpc) is 3.75. The summed E-state index contributed by atoms with van der Waals surface area (Å²) in [6.07, 6.45) is 12.8. The summed E-state index contributed by atoms with van der Waals surface area (Å²) in [5, 5.41) is 8.67. The monoisotopic (exact) mass is 520 g/mol. The van der Waals surface area contributed by atoms with Gasteiger partial charge >= 0.3 is 0 Å². The lowest BCUT2D eigenvalue weighted by Crippen LogP contribution is -2.46. The molecule has 37 heavy (non-hydrogen) atoms. The number of pyridine rings is 1. The van der Waals surface area contributed by atoms with E-state index in [1.807, 2.05) is 35.7 Å². The molecule has 10 heteroatoms. The van der Waals surface area contributed by atoms with E-state index in [1.165, 1.54) is 0 Å². The van der Waals surface area contributed by atoms with Gasteiger partial charge in [-0.15, -0.1) is 22.7 Å². The molecular formula is C27H20N8S2. The summed E-state index contributed by atoms with van der Waals surface area (Å²) in [6, 6.07) is 12.6. The second-order valence-electron chi connectivity index (χ2n) is 8.68. The van der Waals surface area contributed by atoms with Gasteiger partial charge in [-0.25, -0.2) is 4.98 Å². The molecule has 0 radical (unpaired) electrons. The van der Waals surface area contributed by atoms with Crippen LogP contribution in [0.3, 0.4) is 0 Å². The zero-order valence-corrected chi connectivity index (χ0v) is 21.3. The van der Waals surface area contributed by atoms with Gasteiger partial charge < -0.3 is 15.2 Å². The number of rotatable bonds is 5. The van der Waals surface area contributed by atoms with E-state index in [0.29, 0.717) is 0 Å². The molecule has 0 unspecified atom stereocenters. The van der Waals surface area contributed by atoms with Gasteiger partial charge in [0.1, 0.15) is 11.3 Å². The smallest absolute Gasteiger partial charge is 0.183 e. The first kappa shape index (κ1) is 21.8. The predicted molar refractivity (Wildman–Crippen MR) is 146 cm³/mol. The number of thiazole rings is 2. The van der Waals surface area contributed by atoms with Crippen LogP contribution in [0, 0.1) is 6.92 Å². The van der Waals surface area contributed by atoms with Crippen molar-refractivity contribution in [3.63, 3.8) is 0 Å². The summed E-state index contributed by atoms with van der Waals surface area (Å²) < 4.78 is 2.13. The molecule has 180 valence electrons. The first-order chi connectivity index (χ1) is 18.2. The van der Waals surface area contributed by atoms with Gasteiger partial charge in [0.2, 0.25) is 0 Å². The average molecular weight is 521 g/mol. The van der Waals surface area contributed by atoms with Gasteiger partial charge in [0, 0.05) is 53.8 Å². The molecule has 2 N–H and O–H groups in total. The van der Waals surface area contributed by atoms with E-state index in [0.717, 1.165) is 54.7 Å².